The van der Waals surface area contributed by atoms with Crippen molar-refractivity contribution in [2.24, 2.45) is 0 Å². The first kappa shape index (κ1) is 39.8. The lowest BCUT2D eigenvalue weighted by molar-refractivity contribution is 0.669. The standard InChI is InChI=1S/C66H42N2O2/c1-3-17-45(18-4-1)52-22-11-13-27-60(52)68(61-28-15-26-56-54-24-12-14-29-62(54)69-65(56)61)49-34-30-44(31-35-49)47-33-38-57-59(41-47)53-23-9-10-25-55(53)64-58-39-37-51(42-63(58)70-66(57)64)67(48-20-5-2-6-21-48)50-36-32-43-16-7-8-19-46(43)40-50/h1-42H. The maximum absolute atomic E-state index is 7.03. The quantitative estimate of drug-likeness (QED) is 0.142. The number of hydrogen-bond donors (Lipinski definition) is 0. The number of nitrogens with zero attached hydrogens (tertiary/aromatic N) is 2. The van der Waals surface area contributed by atoms with Gasteiger partial charge in [-0.25, -0.2) is 0 Å². The molecule has 0 saturated carbocycles. The Kier molecular flexibility index (Phi) is 9.17. The van der Waals surface area contributed by atoms with Crippen LogP contribution in [0.5, 0.6) is 0 Å². The molecule has 0 N–H and O–H groups in total. The zero-order valence-corrected chi connectivity index (χ0v) is 38.0. The van der Waals surface area contributed by atoms with E-state index < -0.39 is 0 Å². The van der Waals surface area contributed by atoms with Crippen molar-refractivity contribution in [3.8, 4) is 22.3 Å². The van der Waals surface area contributed by atoms with E-state index in [0.717, 1.165) is 111 Å². The molecular weight excluding hydrogens is 853 g/mol. The molecule has 0 aliphatic heterocycles. The van der Waals surface area contributed by atoms with E-state index >= 15 is 0 Å². The number of para-hydroxylation sites is 4. The number of anilines is 6. The summed E-state index contributed by atoms with van der Waals surface area (Å²) < 4.78 is 13.7. The predicted molar refractivity (Wildman–Crippen MR) is 294 cm³/mol. The van der Waals surface area contributed by atoms with Gasteiger partial charge in [0, 0.05) is 61.3 Å². The van der Waals surface area contributed by atoms with Gasteiger partial charge in [-0.05, 0) is 122 Å². The van der Waals surface area contributed by atoms with E-state index in [1.165, 1.54) is 21.5 Å². The first-order chi connectivity index (χ1) is 34.7. The number of furan rings is 2. The molecular formula is C66H42N2O2. The smallest absolute Gasteiger partial charge is 0.159 e. The summed E-state index contributed by atoms with van der Waals surface area (Å²) in [6.07, 6.45) is 0. The predicted octanol–water partition coefficient (Wildman–Crippen LogP) is 19.2. The van der Waals surface area contributed by atoms with Crippen molar-refractivity contribution < 1.29 is 8.83 Å². The number of fused-ring (bicyclic) bond motifs is 12. The molecule has 70 heavy (non-hydrogen) atoms. The number of rotatable bonds is 8. The van der Waals surface area contributed by atoms with Gasteiger partial charge in [-0.3, -0.25) is 0 Å². The Hall–Kier alpha value is -9.38. The fraction of sp³-hybridized carbons (Fsp3) is 0. The molecule has 0 aliphatic rings. The van der Waals surface area contributed by atoms with Gasteiger partial charge in [0.05, 0.1) is 11.4 Å². The highest BCUT2D eigenvalue weighted by Crippen LogP contribution is 2.47. The summed E-state index contributed by atoms with van der Waals surface area (Å²) in [4.78, 5) is 4.66. The molecule has 0 spiro atoms. The minimum absolute atomic E-state index is 0.850. The van der Waals surface area contributed by atoms with Gasteiger partial charge in [0.25, 0.3) is 0 Å². The van der Waals surface area contributed by atoms with Gasteiger partial charge in [-0.2, -0.15) is 0 Å². The third-order valence-corrected chi connectivity index (χ3v) is 14.0. The van der Waals surface area contributed by atoms with Gasteiger partial charge in [-0.1, -0.05) is 170 Å². The maximum Gasteiger partial charge on any atom is 0.159 e. The molecule has 0 aliphatic carbocycles. The monoisotopic (exact) mass is 894 g/mol. The molecule has 14 aromatic rings. The van der Waals surface area contributed by atoms with E-state index in [1.54, 1.807) is 0 Å². The summed E-state index contributed by atoms with van der Waals surface area (Å²) in [6, 6.07) is 90.9. The zero-order valence-electron chi connectivity index (χ0n) is 38.0. The van der Waals surface area contributed by atoms with Crippen LogP contribution in [0.15, 0.2) is 264 Å². The molecule has 0 bridgehead atoms. The summed E-state index contributed by atoms with van der Waals surface area (Å²) in [6.45, 7) is 0. The third kappa shape index (κ3) is 6.46. The van der Waals surface area contributed by atoms with Crippen LogP contribution in [0.4, 0.5) is 34.1 Å². The molecule has 328 valence electrons. The Labute approximate surface area is 404 Å². The highest BCUT2D eigenvalue weighted by atomic mass is 16.3. The highest BCUT2D eigenvalue weighted by Gasteiger charge is 2.23. The lowest BCUT2D eigenvalue weighted by atomic mass is 9.94. The van der Waals surface area contributed by atoms with E-state index in [1.807, 2.05) is 12.1 Å². The van der Waals surface area contributed by atoms with E-state index in [4.69, 9.17) is 8.83 Å². The molecule has 2 heterocycles. The summed E-state index contributed by atoms with van der Waals surface area (Å²) in [7, 11) is 0. The van der Waals surface area contributed by atoms with Gasteiger partial charge >= 0.3 is 0 Å². The maximum atomic E-state index is 7.03. The van der Waals surface area contributed by atoms with E-state index in [0.29, 0.717) is 0 Å². The highest BCUT2D eigenvalue weighted by molar-refractivity contribution is 6.30. The van der Waals surface area contributed by atoms with Crippen LogP contribution in [0.25, 0.3) is 98.4 Å². The molecule has 12 aromatic carbocycles. The third-order valence-electron chi connectivity index (χ3n) is 14.0. The SMILES string of the molecule is c1ccc(-c2ccccc2N(c2ccc(-c3ccc4c(c3)c3ccccc3c3c5ccc(N(c6ccccc6)c6ccc7ccccc7c6)cc5oc43)cc2)c2cccc3c2oc2ccccc23)cc1. The molecule has 4 nitrogen and oxygen atoms in total. The van der Waals surface area contributed by atoms with Crippen molar-refractivity contribution in [2.45, 2.75) is 0 Å². The van der Waals surface area contributed by atoms with E-state index in [-0.39, 0.29) is 0 Å². The first-order valence-corrected chi connectivity index (χ1v) is 23.8. The van der Waals surface area contributed by atoms with Crippen LogP contribution in [0.3, 0.4) is 0 Å². The first-order valence-electron chi connectivity index (χ1n) is 23.8. The van der Waals surface area contributed by atoms with Crippen LogP contribution in [-0.2, 0) is 0 Å². The van der Waals surface area contributed by atoms with E-state index in [9.17, 15) is 0 Å². The van der Waals surface area contributed by atoms with Gasteiger partial charge in [0.1, 0.15) is 16.7 Å². The molecule has 0 amide bonds. The second-order valence-electron chi connectivity index (χ2n) is 18.0. The van der Waals surface area contributed by atoms with Gasteiger partial charge in [-0.15, -0.1) is 0 Å². The molecule has 4 heteroatoms. The largest absolute Gasteiger partial charge is 0.455 e. The van der Waals surface area contributed by atoms with Crippen LogP contribution in [0, 0.1) is 0 Å². The minimum Gasteiger partial charge on any atom is -0.455 e. The van der Waals surface area contributed by atoms with Crippen LogP contribution in [0.2, 0.25) is 0 Å². The van der Waals surface area contributed by atoms with Crippen molar-refractivity contribution in [1.82, 2.24) is 0 Å². The molecule has 0 saturated heterocycles. The average molecular weight is 895 g/mol. The molecule has 0 unspecified atom stereocenters. The number of hydrogen-bond acceptors (Lipinski definition) is 4. The Bertz CT molecular complexity index is 4300. The molecule has 0 fully saturated rings. The normalized spacial score (nSPS) is 11.7. The fourth-order valence-electron chi connectivity index (χ4n) is 10.8. The Balaban J connectivity index is 0.894. The van der Waals surface area contributed by atoms with Crippen LogP contribution in [0.1, 0.15) is 0 Å². The molecule has 14 rings (SSSR count). The zero-order chi connectivity index (χ0) is 46.1. The topological polar surface area (TPSA) is 32.8 Å². The second-order valence-corrected chi connectivity index (χ2v) is 18.0. The lowest BCUT2D eigenvalue weighted by Crippen LogP contribution is -2.11. The second kappa shape index (κ2) is 16.2. The van der Waals surface area contributed by atoms with Crippen molar-refractivity contribution in [1.29, 1.82) is 0 Å². The van der Waals surface area contributed by atoms with Crippen LogP contribution in [-0.4, -0.2) is 0 Å². The Morgan fingerprint density at radius 2 is 0.843 bits per heavy atom. The summed E-state index contributed by atoms with van der Waals surface area (Å²) >= 11 is 0. The molecule has 2 aromatic heterocycles. The van der Waals surface area contributed by atoms with E-state index in [2.05, 4.69) is 252 Å². The lowest BCUT2D eigenvalue weighted by Gasteiger charge is -2.28. The Morgan fingerprint density at radius 3 is 1.70 bits per heavy atom. The minimum atomic E-state index is 0.850. The van der Waals surface area contributed by atoms with Crippen molar-refractivity contribution in [2.75, 3.05) is 9.80 Å². The van der Waals surface area contributed by atoms with Crippen LogP contribution < -0.4 is 9.80 Å². The van der Waals surface area contributed by atoms with Gasteiger partial charge in [0.2, 0.25) is 0 Å². The molecule has 0 radical (unpaired) electrons. The van der Waals surface area contributed by atoms with Crippen molar-refractivity contribution in [3.05, 3.63) is 255 Å². The fourth-order valence-corrected chi connectivity index (χ4v) is 10.8. The van der Waals surface area contributed by atoms with Gasteiger partial charge in [0.15, 0.2) is 5.58 Å². The molecule has 0 atom stereocenters. The van der Waals surface area contributed by atoms with Crippen molar-refractivity contribution >= 4 is 110 Å². The van der Waals surface area contributed by atoms with Crippen molar-refractivity contribution in [3.63, 3.8) is 0 Å². The average Bonchev–Trinajstić information content (AvgIpc) is 4.01. The summed E-state index contributed by atoms with van der Waals surface area (Å²) in [5.41, 5.74) is 14.3. The number of benzene rings is 12. The Morgan fingerprint density at radius 1 is 0.257 bits per heavy atom. The summed E-state index contributed by atoms with van der Waals surface area (Å²) in [5, 5.41) is 11.4. The summed E-state index contributed by atoms with van der Waals surface area (Å²) in [5.74, 6) is 0. The van der Waals surface area contributed by atoms with Crippen LogP contribution >= 0.6 is 0 Å². The van der Waals surface area contributed by atoms with Gasteiger partial charge < -0.3 is 18.6 Å².